The quantitative estimate of drug-likeness (QED) is 0.155. The summed E-state index contributed by atoms with van der Waals surface area (Å²) in [5.41, 5.74) is 25.6. The van der Waals surface area contributed by atoms with E-state index in [4.69, 9.17) is 0 Å². The fraction of sp³-hybridized carbons (Fsp3) is 0.0270. The highest BCUT2D eigenvalue weighted by Crippen LogP contribution is 2.64. The molecule has 1 spiro atoms. The molecule has 0 unspecified atom stereocenters. The minimum Gasteiger partial charge on any atom is -0.308 e. The maximum absolute atomic E-state index is 2.62. The molecule has 2 aliphatic carbocycles. The van der Waals surface area contributed by atoms with Crippen molar-refractivity contribution in [1.82, 2.24) is 4.57 Å². The van der Waals surface area contributed by atoms with Gasteiger partial charge >= 0.3 is 0 Å². The lowest BCUT2D eigenvalue weighted by Crippen LogP contribution is -2.34. The minimum absolute atomic E-state index is 0.612. The molecule has 0 radical (unpaired) electrons. The number of fused-ring (bicyclic) bond motifs is 15. The standard InChI is InChI=1S/C74H48N2/c1-5-23-49(24-6-1)51-43-45-58-59-46-44-54(48-67(59)73(66(58)47-51,52-27-9-3-10-28-52)53-29-11-4-12-30-53)75(68-40-19-15-31-55(68)50-25-7-2-8-26-50)70-42-22-39-65-72(70)76-69-41-20-16-34-60(69)61-35-21-38-64(71(61)76)74(65)62-36-17-13-32-56(62)57-33-14-18-37-63(57)74/h1-48H. The van der Waals surface area contributed by atoms with E-state index in [1.165, 1.54) is 105 Å². The third-order valence-electron chi connectivity index (χ3n) is 17.1. The van der Waals surface area contributed by atoms with Crippen LogP contribution in [0.5, 0.6) is 0 Å². The summed E-state index contributed by atoms with van der Waals surface area (Å²) in [5, 5.41) is 2.50. The van der Waals surface area contributed by atoms with Crippen LogP contribution in [0.2, 0.25) is 0 Å². The normalized spacial score (nSPS) is 13.7. The van der Waals surface area contributed by atoms with E-state index in [1.54, 1.807) is 0 Å². The second kappa shape index (κ2) is 16.4. The number of anilines is 3. The molecular weight excluding hydrogens is 917 g/mol. The van der Waals surface area contributed by atoms with Crippen molar-refractivity contribution in [2.45, 2.75) is 10.8 Å². The predicted molar refractivity (Wildman–Crippen MR) is 315 cm³/mol. The van der Waals surface area contributed by atoms with Crippen molar-refractivity contribution in [2.75, 3.05) is 4.90 Å². The number of benzene rings is 12. The van der Waals surface area contributed by atoms with Crippen LogP contribution >= 0.6 is 0 Å². The first-order chi connectivity index (χ1) is 37.7. The molecule has 0 fully saturated rings. The number of nitrogens with zero attached hydrogens (tertiary/aromatic N) is 2. The van der Waals surface area contributed by atoms with Crippen LogP contribution in [0.3, 0.4) is 0 Å². The Morgan fingerprint density at radius 1 is 0.276 bits per heavy atom. The number of hydrogen-bond donors (Lipinski definition) is 0. The SMILES string of the molecule is c1ccc(-c2ccc3c(c2)C(c2ccccc2)(c2ccccc2)c2cc(N(c4ccccc4-c4ccccc4)c4cccc5c4-n4c6ccccc6c6cccc(c64)C54c5ccccc5-c5ccccc54)ccc2-3)cc1. The van der Waals surface area contributed by atoms with Crippen molar-refractivity contribution in [1.29, 1.82) is 0 Å². The van der Waals surface area contributed by atoms with E-state index in [9.17, 15) is 0 Å². The van der Waals surface area contributed by atoms with Crippen molar-refractivity contribution in [3.05, 3.63) is 336 Å². The molecule has 76 heavy (non-hydrogen) atoms. The molecular formula is C74H48N2. The third-order valence-corrected chi connectivity index (χ3v) is 17.1. The van der Waals surface area contributed by atoms with Gasteiger partial charge in [0.2, 0.25) is 0 Å². The van der Waals surface area contributed by atoms with E-state index < -0.39 is 10.8 Å². The van der Waals surface area contributed by atoms with Gasteiger partial charge in [-0.3, -0.25) is 0 Å². The molecule has 13 aromatic rings. The van der Waals surface area contributed by atoms with Crippen LogP contribution in [-0.4, -0.2) is 4.57 Å². The average Bonchev–Trinajstić information content (AvgIpc) is 4.30. The first-order valence-corrected chi connectivity index (χ1v) is 26.5. The Hall–Kier alpha value is -9.76. The second-order valence-electron chi connectivity index (χ2n) is 20.6. The van der Waals surface area contributed by atoms with Gasteiger partial charge in [0, 0.05) is 22.0 Å². The van der Waals surface area contributed by atoms with E-state index in [-0.39, 0.29) is 0 Å². The Balaban J connectivity index is 1.05. The average molecular weight is 965 g/mol. The molecule has 0 atom stereocenters. The van der Waals surface area contributed by atoms with Gasteiger partial charge in [-0.15, -0.1) is 0 Å². The fourth-order valence-electron chi connectivity index (χ4n) is 14.1. The van der Waals surface area contributed by atoms with Gasteiger partial charge in [-0.2, -0.15) is 0 Å². The summed E-state index contributed by atoms with van der Waals surface area (Å²) in [6.07, 6.45) is 0. The van der Waals surface area contributed by atoms with Crippen molar-refractivity contribution < 1.29 is 0 Å². The van der Waals surface area contributed by atoms with Gasteiger partial charge in [0.1, 0.15) is 0 Å². The highest BCUT2D eigenvalue weighted by atomic mass is 15.2. The summed E-state index contributed by atoms with van der Waals surface area (Å²) in [6.45, 7) is 0. The summed E-state index contributed by atoms with van der Waals surface area (Å²) in [6, 6.07) is 109. The molecule has 2 heterocycles. The Morgan fingerprint density at radius 3 is 1.46 bits per heavy atom. The van der Waals surface area contributed by atoms with Crippen LogP contribution in [0.1, 0.15) is 44.5 Å². The monoisotopic (exact) mass is 964 g/mol. The first kappa shape index (κ1) is 42.7. The van der Waals surface area contributed by atoms with Crippen LogP contribution < -0.4 is 4.90 Å². The lowest BCUT2D eigenvalue weighted by molar-refractivity contribution is 0.748. The van der Waals surface area contributed by atoms with Gasteiger partial charge < -0.3 is 9.47 Å². The highest BCUT2D eigenvalue weighted by Gasteiger charge is 2.52. The molecule has 0 saturated heterocycles. The van der Waals surface area contributed by atoms with Crippen molar-refractivity contribution in [3.8, 4) is 50.2 Å². The number of aromatic nitrogens is 1. The topological polar surface area (TPSA) is 8.17 Å². The van der Waals surface area contributed by atoms with Crippen LogP contribution in [0, 0.1) is 0 Å². The maximum atomic E-state index is 2.62. The largest absolute Gasteiger partial charge is 0.308 e. The van der Waals surface area contributed by atoms with Crippen LogP contribution in [-0.2, 0) is 10.8 Å². The van der Waals surface area contributed by atoms with Gasteiger partial charge in [0.15, 0.2) is 0 Å². The summed E-state index contributed by atoms with van der Waals surface area (Å²) < 4.78 is 2.62. The lowest BCUT2D eigenvalue weighted by Gasteiger charge is -2.42. The van der Waals surface area contributed by atoms with Crippen LogP contribution in [0.4, 0.5) is 17.1 Å². The lowest BCUT2D eigenvalue weighted by atomic mass is 9.65. The van der Waals surface area contributed by atoms with Crippen molar-refractivity contribution >= 4 is 38.9 Å². The summed E-state index contributed by atoms with van der Waals surface area (Å²) in [7, 11) is 0. The van der Waals surface area contributed by atoms with Gasteiger partial charge in [-0.1, -0.05) is 255 Å². The highest BCUT2D eigenvalue weighted by molar-refractivity contribution is 6.14. The molecule has 12 aromatic carbocycles. The molecule has 0 amide bonds. The molecule has 0 N–H and O–H groups in total. The van der Waals surface area contributed by atoms with Gasteiger partial charge in [0.25, 0.3) is 0 Å². The molecule has 354 valence electrons. The maximum Gasteiger partial charge on any atom is 0.0755 e. The van der Waals surface area contributed by atoms with Gasteiger partial charge in [-0.25, -0.2) is 0 Å². The van der Waals surface area contributed by atoms with Crippen molar-refractivity contribution in [3.63, 3.8) is 0 Å². The Labute approximate surface area is 442 Å². The Morgan fingerprint density at radius 2 is 0.763 bits per heavy atom. The van der Waals surface area contributed by atoms with E-state index in [2.05, 4.69) is 301 Å². The first-order valence-electron chi connectivity index (χ1n) is 26.5. The summed E-state index contributed by atoms with van der Waals surface area (Å²) in [4.78, 5) is 2.59. The zero-order chi connectivity index (χ0) is 50.0. The molecule has 0 saturated carbocycles. The van der Waals surface area contributed by atoms with E-state index in [0.29, 0.717) is 0 Å². The number of rotatable bonds is 7. The summed E-state index contributed by atoms with van der Waals surface area (Å²) in [5.74, 6) is 0. The molecule has 16 rings (SSSR count). The Bertz CT molecular complexity index is 4370. The van der Waals surface area contributed by atoms with Crippen molar-refractivity contribution in [2.24, 2.45) is 0 Å². The zero-order valence-electron chi connectivity index (χ0n) is 41.6. The van der Waals surface area contributed by atoms with Gasteiger partial charge in [-0.05, 0) is 120 Å². The molecule has 2 nitrogen and oxygen atoms in total. The second-order valence-corrected chi connectivity index (χ2v) is 20.6. The number of para-hydroxylation sites is 4. The zero-order valence-corrected chi connectivity index (χ0v) is 41.6. The molecule has 2 heteroatoms. The van der Waals surface area contributed by atoms with E-state index in [0.717, 1.165) is 28.2 Å². The minimum atomic E-state index is -0.655. The molecule has 0 bridgehead atoms. The van der Waals surface area contributed by atoms with Crippen LogP contribution in [0.25, 0.3) is 72.0 Å². The van der Waals surface area contributed by atoms with E-state index >= 15 is 0 Å². The third kappa shape index (κ3) is 5.70. The number of hydrogen-bond acceptors (Lipinski definition) is 1. The Kier molecular flexibility index (Phi) is 9.20. The van der Waals surface area contributed by atoms with Crippen LogP contribution in [0.15, 0.2) is 291 Å². The smallest absolute Gasteiger partial charge is 0.0755 e. The molecule has 1 aliphatic heterocycles. The molecule has 1 aromatic heterocycles. The molecule has 3 aliphatic rings. The predicted octanol–water partition coefficient (Wildman–Crippen LogP) is 18.6. The van der Waals surface area contributed by atoms with E-state index in [1.807, 2.05) is 0 Å². The fourth-order valence-corrected chi connectivity index (χ4v) is 14.1. The summed E-state index contributed by atoms with van der Waals surface area (Å²) >= 11 is 0. The van der Waals surface area contributed by atoms with Gasteiger partial charge in [0.05, 0.1) is 38.9 Å².